The molecule has 0 unspecified atom stereocenters. The van der Waals surface area contributed by atoms with Gasteiger partial charge in [0.1, 0.15) is 0 Å². The zero-order chi connectivity index (χ0) is 15.4. The summed E-state index contributed by atoms with van der Waals surface area (Å²) < 4.78 is 0. The van der Waals surface area contributed by atoms with Crippen molar-refractivity contribution in [1.29, 1.82) is 0 Å². The Kier molecular flexibility index (Phi) is 4.26. The van der Waals surface area contributed by atoms with Gasteiger partial charge in [-0.1, -0.05) is 104 Å². The van der Waals surface area contributed by atoms with Crippen LogP contribution in [0.1, 0.15) is 16.7 Å². The fraction of sp³-hybridized carbons (Fsp3) is 0.143. The first-order chi connectivity index (χ1) is 10.8. The lowest BCUT2D eigenvalue weighted by Gasteiger charge is -2.39. The van der Waals surface area contributed by atoms with Crippen LogP contribution in [0.2, 0.25) is 13.1 Å². The van der Waals surface area contributed by atoms with Gasteiger partial charge < -0.3 is 0 Å². The maximum atomic E-state index is 2.45. The molecular weight excluding hydrogens is 280 g/mol. The maximum Gasteiger partial charge on any atom is 0.0538 e. The average molecular weight is 302 g/mol. The lowest BCUT2D eigenvalue weighted by molar-refractivity contribution is 0.849. The predicted octanol–water partition coefficient (Wildman–Crippen LogP) is 5.05. The van der Waals surface area contributed by atoms with Crippen molar-refractivity contribution in [2.24, 2.45) is 0 Å². The van der Waals surface area contributed by atoms with Gasteiger partial charge in [0.2, 0.25) is 0 Å². The summed E-state index contributed by atoms with van der Waals surface area (Å²) in [6.07, 6.45) is 0. The normalized spacial score (nSPS) is 11.6. The van der Waals surface area contributed by atoms with E-state index in [0.29, 0.717) is 0 Å². The zero-order valence-corrected chi connectivity index (χ0v) is 14.4. The van der Waals surface area contributed by atoms with Crippen molar-refractivity contribution in [2.75, 3.05) is 0 Å². The molecule has 110 valence electrons. The van der Waals surface area contributed by atoms with Crippen LogP contribution in [0, 0.1) is 0 Å². The van der Waals surface area contributed by atoms with Crippen molar-refractivity contribution in [3.8, 4) is 0 Å². The summed E-state index contributed by atoms with van der Waals surface area (Å²) in [5, 5.41) is 0.0176. The van der Waals surface area contributed by atoms with Crippen molar-refractivity contribution >= 4 is 8.80 Å². The molecule has 0 atom stereocenters. The first-order valence-corrected chi connectivity index (χ1v) is 10.8. The van der Waals surface area contributed by atoms with E-state index >= 15 is 0 Å². The molecular formula is C21H22Si. The van der Waals surface area contributed by atoms with Crippen molar-refractivity contribution in [3.63, 3.8) is 0 Å². The number of hydrogen-bond acceptors (Lipinski definition) is 0. The molecule has 3 aromatic carbocycles. The summed E-state index contributed by atoms with van der Waals surface area (Å²) in [7, 11) is -1.10. The Bertz CT molecular complexity index is 606. The minimum Gasteiger partial charge on any atom is -0.0708 e. The molecule has 0 aliphatic heterocycles. The van der Waals surface area contributed by atoms with E-state index in [0.717, 1.165) is 0 Å². The van der Waals surface area contributed by atoms with E-state index in [9.17, 15) is 0 Å². The lowest BCUT2D eigenvalue weighted by atomic mass is 9.84. The summed E-state index contributed by atoms with van der Waals surface area (Å²) in [6.45, 7) is 4.90. The third-order valence-corrected chi connectivity index (χ3v) is 7.29. The molecule has 0 spiro atoms. The van der Waals surface area contributed by atoms with Crippen LogP contribution in [-0.4, -0.2) is 8.80 Å². The van der Waals surface area contributed by atoms with Gasteiger partial charge in [0.15, 0.2) is 0 Å². The largest absolute Gasteiger partial charge is 0.0708 e. The highest BCUT2D eigenvalue weighted by molar-refractivity contribution is 6.61. The van der Waals surface area contributed by atoms with E-state index in [1.165, 1.54) is 16.7 Å². The molecule has 0 radical (unpaired) electrons. The molecule has 0 aliphatic carbocycles. The number of benzene rings is 3. The van der Waals surface area contributed by atoms with Gasteiger partial charge in [-0.05, 0) is 16.7 Å². The highest BCUT2D eigenvalue weighted by Gasteiger charge is 2.39. The molecule has 0 N–H and O–H groups in total. The monoisotopic (exact) mass is 302 g/mol. The third-order valence-electron chi connectivity index (χ3n) is 4.55. The van der Waals surface area contributed by atoms with Gasteiger partial charge in [-0.15, -0.1) is 0 Å². The Hall–Kier alpha value is -2.12. The SMILES string of the molecule is C[SiH](C)C(c1ccccc1)(c1ccccc1)c1ccccc1. The number of rotatable bonds is 4. The summed E-state index contributed by atoms with van der Waals surface area (Å²) in [4.78, 5) is 0. The zero-order valence-electron chi connectivity index (χ0n) is 13.2. The fourth-order valence-electron chi connectivity index (χ4n) is 3.60. The van der Waals surface area contributed by atoms with Crippen LogP contribution in [0.3, 0.4) is 0 Å². The van der Waals surface area contributed by atoms with E-state index in [2.05, 4.69) is 104 Å². The molecule has 0 nitrogen and oxygen atoms in total. The minimum atomic E-state index is -1.10. The molecule has 0 amide bonds. The Morgan fingerprint density at radius 3 is 1.00 bits per heavy atom. The van der Waals surface area contributed by atoms with Gasteiger partial charge in [-0.25, -0.2) is 0 Å². The van der Waals surface area contributed by atoms with Gasteiger partial charge >= 0.3 is 0 Å². The van der Waals surface area contributed by atoms with E-state index in [1.54, 1.807) is 0 Å². The molecule has 0 aromatic heterocycles. The molecule has 22 heavy (non-hydrogen) atoms. The van der Waals surface area contributed by atoms with E-state index in [1.807, 2.05) is 0 Å². The summed E-state index contributed by atoms with van der Waals surface area (Å²) >= 11 is 0. The van der Waals surface area contributed by atoms with E-state index in [-0.39, 0.29) is 5.04 Å². The summed E-state index contributed by atoms with van der Waals surface area (Å²) in [6, 6.07) is 33.0. The third kappa shape index (κ3) is 2.42. The highest BCUT2D eigenvalue weighted by atomic mass is 28.3. The molecule has 3 rings (SSSR count). The van der Waals surface area contributed by atoms with Crippen LogP contribution >= 0.6 is 0 Å². The first kappa shape index (κ1) is 14.8. The van der Waals surface area contributed by atoms with Gasteiger partial charge in [0.05, 0.1) is 8.80 Å². The minimum absolute atomic E-state index is 0.0176. The quantitative estimate of drug-likeness (QED) is 0.467. The predicted molar refractivity (Wildman–Crippen MR) is 98.1 cm³/mol. The van der Waals surface area contributed by atoms with E-state index in [4.69, 9.17) is 0 Å². The Labute approximate surface area is 135 Å². The molecule has 1 heteroatoms. The molecule has 0 saturated carbocycles. The van der Waals surface area contributed by atoms with Crippen LogP contribution in [0.15, 0.2) is 91.0 Å². The Balaban J connectivity index is 2.34. The lowest BCUT2D eigenvalue weighted by Crippen LogP contribution is -2.41. The van der Waals surface area contributed by atoms with Crippen LogP contribution in [0.25, 0.3) is 0 Å². The molecule has 0 saturated heterocycles. The summed E-state index contributed by atoms with van der Waals surface area (Å²) in [5.74, 6) is 0. The Morgan fingerprint density at radius 2 is 0.773 bits per heavy atom. The molecule has 0 bridgehead atoms. The van der Waals surface area contributed by atoms with Crippen molar-refractivity contribution < 1.29 is 0 Å². The van der Waals surface area contributed by atoms with Crippen molar-refractivity contribution in [2.45, 2.75) is 18.1 Å². The van der Waals surface area contributed by atoms with Gasteiger partial charge in [-0.2, -0.15) is 0 Å². The van der Waals surface area contributed by atoms with E-state index < -0.39 is 8.80 Å². The van der Waals surface area contributed by atoms with Gasteiger partial charge in [-0.3, -0.25) is 0 Å². The standard InChI is InChI=1S/C21H22Si/c1-22(2)21(18-12-6-3-7-13-18,19-14-8-4-9-15-19)20-16-10-5-11-17-20/h3-17,22H,1-2H3. The van der Waals surface area contributed by atoms with Crippen molar-refractivity contribution in [3.05, 3.63) is 108 Å². The molecule has 0 fully saturated rings. The summed E-state index contributed by atoms with van der Waals surface area (Å²) in [5.41, 5.74) is 4.23. The maximum absolute atomic E-state index is 2.45. The second kappa shape index (κ2) is 6.33. The first-order valence-electron chi connectivity index (χ1n) is 7.93. The topological polar surface area (TPSA) is 0 Å². The molecule has 0 heterocycles. The van der Waals surface area contributed by atoms with Gasteiger partial charge in [0, 0.05) is 5.04 Å². The average Bonchev–Trinajstić information content (AvgIpc) is 2.58. The highest BCUT2D eigenvalue weighted by Crippen LogP contribution is 2.41. The van der Waals surface area contributed by atoms with Gasteiger partial charge in [0.25, 0.3) is 0 Å². The Morgan fingerprint density at radius 1 is 0.500 bits per heavy atom. The van der Waals surface area contributed by atoms with Crippen LogP contribution < -0.4 is 0 Å². The van der Waals surface area contributed by atoms with Crippen LogP contribution in [0.4, 0.5) is 0 Å². The smallest absolute Gasteiger partial charge is 0.0538 e. The number of hydrogen-bond donors (Lipinski definition) is 0. The van der Waals surface area contributed by atoms with Crippen LogP contribution in [0.5, 0.6) is 0 Å². The molecule has 0 aliphatic rings. The fourth-order valence-corrected chi connectivity index (χ4v) is 6.18. The van der Waals surface area contributed by atoms with Crippen LogP contribution in [-0.2, 0) is 5.04 Å². The second-order valence-corrected chi connectivity index (χ2v) is 9.24. The van der Waals surface area contributed by atoms with Crippen molar-refractivity contribution in [1.82, 2.24) is 0 Å². The second-order valence-electron chi connectivity index (χ2n) is 6.06. The molecule has 3 aromatic rings.